The summed E-state index contributed by atoms with van der Waals surface area (Å²) in [5.74, 6) is -0.156. The monoisotopic (exact) mass is 336 g/mol. The first-order valence-corrected chi connectivity index (χ1v) is 7.92. The van der Waals surface area contributed by atoms with E-state index in [1.54, 1.807) is 41.3 Å². The molecule has 126 valence electrons. The van der Waals surface area contributed by atoms with E-state index in [1.807, 2.05) is 6.07 Å². The summed E-state index contributed by atoms with van der Waals surface area (Å²) in [6.07, 6.45) is 4.28. The average Bonchev–Trinajstić information content (AvgIpc) is 3.06. The van der Waals surface area contributed by atoms with E-state index in [0.717, 1.165) is 12.1 Å². The van der Waals surface area contributed by atoms with E-state index in [0.29, 0.717) is 24.1 Å². The molecule has 2 aromatic rings. The smallest absolute Gasteiger partial charge is 0.270 e. The molecule has 0 unspecified atom stereocenters. The third kappa shape index (κ3) is 3.80. The van der Waals surface area contributed by atoms with Gasteiger partial charge in [0.25, 0.3) is 5.69 Å². The van der Waals surface area contributed by atoms with E-state index in [9.17, 15) is 19.7 Å². The SMILES string of the molecule is O=C(C=Cc1cccc([N+](=O)[O-])c1)c1cccc(N2CCCC2=O)c1. The van der Waals surface area contributed by atoms with Crippen LogP contribution in [0.3, 0.4) is 0 Å². The van der Waals surface area contributed by atoms with Crippen molar-refractivity contribution in [2.45, 2.75) is 12.8 Å². The summed E-state index contributed by atoms with van der Waals surface area (Å²) in [6, 6.07) is 13.0. The van der Waals surface area contributed by atoms with Crippen molar-refractivity contribution in [2.75, 3.05) is 11.4 Å². The van der Waals surface area contributed by atoms with E-state index < -0.39 is 4.92 Å². The zero-order valence-electron chi connectivity index (χ0n) is 13.4. The van der Waals surface area contributed by atoms with Crippen molar-refractivity contribution in [3.05, 3.63) is 75.8 Å². The van der Waals surface area contributed by atoms with Crippen molar-refractivity contribution in [1.82, 2.24) is 0 Å². The molecule has 0 spiro atoms. The topological polar surface area (TPSA) is 80.5 Å². The van der Waals surface area contributed by atoms with E-state index >= 15 is 0 Å². The van der Waals surface area contributed by atoms with Gasteiger partial charge in [0, 0.05) is 36.3 Å². The molecule has 6 heteroatoms. The number of nitro benzene ring substituents is 1. The molecule has 2 aromatic carbocycles. The number of nitro groups is 1. The Balaban J connectivity index is 1.78. The Labute approximate surface area is 144 Å². The Morgan fingerprint density at radius 3 is 2.68 bits per heavy atom. The number of nitrogens with zero attached hydrogens (tertiary/aromatic N) is 2. The molecule has 1 aliphatic rings. The van der Waals surface area contributed by atoms with E-state index in [1.165, 1.54) is 18.2 Å². The Morgan fingerprint density at radius 1 is 1.16 bits per heavy atom. The summed E-state index contributed by atoms with van der Waals surface area (Å²) < 4.78 is 0. The second-order valence-electron chi connectivity index (χ2n) is 5.75. The second kappa shape index (κ2) is 7.09. The summed E-state index contributed by atoms with van der Waals surface area (Å²) in [5, 5.41) is 10.8. The van der Waals surface area contributed by atoms with E-state index in [4.69, 9.17) is 0 Å². The molecule has 0 radical (unpaired) electrons. The molecule has 1 amide bonds. The number of amides is 1. The van der Waals surface area contributed by atoms with Crippen molar-refractivity contribution in [3.8, 4) is 0 Å². The fraction of sp³-hybridized carbons (Fsp3) is 0.158. The van der Waals surface area contributed by atoms with Crippen molar-refractivity contribution in [1.29, 1.82) is 0 Å². The van der Waals surface area contributed by atoms with Crippen LogP contribution in [0.4, 0.5) is 11.4 Å². The number of ketones is 1. The standard InChI is InChI=1S/C19H16N2O4/c22-18(10-9-14-4-1-7-17(12-14)21(24)25)15-5-2-6-16(13-15)20-11-3-8-19(20)23/h1-2,4-7,9-10,12-13H,3,8,11H2. The summed E-state index contributed by atoms with van der Waals surface area (Å²) in [6.45, 7) is 0.667. The zero-order chi connectivity index (χ0) is 17.8. The van der Waals surface area contributed by atoms with E-state index in [2.05, 4.69) is 0 Å². The molecule has 25 heavy (non-hydrogen) atoms. The summed E-state index contributed by atoms with van der Waals surface area (Å²) in [5.41, 5.74) is 1.74. The second-order valence-corrected chi connectivity index (χ2v) is 5.75. The van der Waals surface area contributed by atoms with Crippen LogP contribution in [-0.4, -0.2) is 23.2 Å². The molecule has 0 N–H and O–H groups in total. The summed E-state index contributed by atoms with van der Waals surface area (Å²) >= 11 is 0. The van der Waals surface area contributed by atoms with Crippen molar-refractivity contribution in [2.24, 2.45) is 0 Å². The number of hydrogen-bond donors (Lipinski definition) is 0. The number of anilines is 1. The van der Waals surface area contributed by atoms with Gasteiger partial charge in [-0.15, -0.1) is 0 Å². The Morgan fingerprint density at radius 2 is 1.96 bits per heavy atom. The average molecular weight is 336 g/mol. The minimum Gasteiger partial charge on any atom is -0.312 e. The highest BCUT2D eigenvalue weighted by Gasteiger charge is 2.22. The summed E-state index contributed by atoms with van der Waals surface area (Å²) in [7, 11) is 0. The molecule has 0 aliphatic carbocycles. The minimum absolute atomic E-state index is 0.0239. The third-order valence-corrected chi connectivity index (χ3v) is 4.02. The highest BCUT2D eigenvalue weighted by Crippen LogP contribution is 2.23. The minimum atomic E-state index is -0.476. The molecular weight excluding hydrogens is 320 g/mol. The van der Waals surface area contributed by atoms with Crippen LogP contribution in [0.25, 0.3) is 6.08 Å². The first-order valence-electron chi connectivity index (χ1n) is 7.92. The van der Waals surface area contributed by atoms with Crippen LogP contribution in [-0.2, 0) is 4.79 Å². The molecule has 0 bridgehead atoms. The normalized spacial score (nSPS) is 14.2. The highest BCUT2D eigenvalue weighted by molar-refractivity contribution is 6.08. The molecule has 1 aliphatic heterocycles. The molecule has 0 atom stereocenters. The van der Waals surface area contributed by atoms with Gasteiger partial charge in [0.15, 0.2) is 5.78 Å². The molecule has 1 fully saturated rings. The van der Waals surface area contributed by atoms with Gasteiger partial charge in [-0.3, -0.25) is 19.7 Å². The third-order valence-electron chi connectivity index (χ3n) is 4.02. The van der Waals surface area contributed by atoms with Crippen molar-refractivity contribution < 1.29 is 14.5 Å². The molecule has 6 nitrogen and oxygen atoms in total. The van der Waals surface area contributed by atoms with Crippen LogP contribution < -0.4 is 4.90 Å². The maximum Gasteiger partial charge on any atom is 0.270 e. The Bertz CT molecular complexity index is 873. The lowest BCUT2D eigenvalue weighted by Gasteiger charge is -2.16. The molecule has 3 rings (SSSR count). The first-order chi connectivity index (χ1) is 12.0. The molecule has 0 saturated carbocycles. The maximum absolute atomic E-state index is 12.4. The van der Waals surface area contributed by atoms with Gasteiger partial charge in [-0.1, -0.05) is 30.3 Å². The van der Waals surface area contributed by atoms with E-state index in [-0.39, 0.29) is 17.4 Å². The summed E-state index contributed by atoms with van der Waals surface area (Å²) in [4.78, 5) is 36.2. The van der Waals surface area contributed by atoms with Crippen LogP contribution in [0.1, 0.15) is 28.8 Å². The van der Waals surface area contributed by atoms with Crippen LogP contribution in [0.5, 0.6) is 0 Å². The maximum atomic E-state index is 12.4. The van der Waals surface area contributed by atoms with Crippen LogP contribution in [0, 0.1) is 10.1 Å². The number of carbonyl (C=O) groups excluding carboxylic acids is 2. The lowest BCUT2D eigenvalue weighted by atomic mass is 10.1. The molecule has 1 heterocycles. The van der Waals surface area contributed by atoms with Gasteiger partial charge in [-0.25, -0.2) is 0 Å². The van der Waals surface area contributed by atoms with Gasteiger partial charge in [-0.05, 0) is 30.2 Å². The Kier molecular flexibility index (Phi) is 4.70. The Hall–Kier alpha value is -3.28. The fourth-order valence-electron chi connectivity index (χ4n) is 2.76. The number of rotatable bonds is 5. The van der Waals surface area contributed by atoms with Gasteiger partial charge in [0.2, 0.25) is 5.91 Å². The quantitative estimate of drug-likeness (QED) is 0.361. The van der Waals surface area contributed by atoms with Crippen LogP contribution in [0.2, 0.25) is 0 Å². The van der Waals surface area contributed by atoms with Crippen LogP contribution >= 0.6 is 0 Å². The van der Waals surface area contributed by atoms with Crippen LogP contribution in [0.15, 0.2) is 54.6 Å². The zero-order valence-corrected chi connectivity index (χ0v) is 13.4. The number of hydrogen-bond acceptors (Lipinski definition) is 4. The molecule has 0 aromatic heterocycles. The van der Waals surface area contributed by atoms with Gasteiger partial charge < -0.3 is 4.90 Å². The fourth-order valence-corrected chi connectivity index (χ4v) is 2.76. The van der Waals surface area contributed by atoms with Gasteiger partial charge in [0.1, 0.15) is 0 Å². The molecular formula is C19H16N2O4. The number of carbonyl (C=O) groups is 2. The lowest BCUT2D eigenvalue weighted by Crippen LogP contribution is -2.23. The largest absolute Gasteiger partial charge is 0.312 e. The highest BCUT2D eigenvalue weighted by atomic mass is 16.6. The predicted octanol–water partition coefficient (Wildman–Crippen LogP) is 3.62. The molecule has 1 saturated heterocycles. The van der Waals surface area contributed by atoms with Gasteiger partial charge >= 0.3 is 0 Å². The predicted molar refractivity (Wildman–Crippen MR) is 94.5 cm³/mol. The van der Waals surface area contributed by atoms with Crippen molar-refractivity contribution in [3.63, 3.8) is 0 Å². The van der Waals surface area contributed by atoms with Gasteiger partial charge in [-0.2, -0.15) is 0 Å². The lowest BCUT2D eigenvalue weighted by molar-refractivity contribution is -0.384. The number of non-ortho nitro benzene ring substituents is 1. The number of allylic oxidation sites excluding steroid dienone is 1. The first kappa shape index (κ1) is 16.6. The number of benzene rings is 2. The van der Waals surface area contributed by atoms with Crippen molar-refractivity contribution >= 4 is 29.1 Å². The van der Waals surface area contributed by atoms with Gasteiger partial charge in [0.05, 0.1) is 4.92 Å².